The fourth-order valence-corrected chi connectivity index (χ4v) is 3.57. The van der Waals surface area contributed by atoms with Gasteiger partial charge >= 0.3 is 0 Å². The lowest BCUT2D eigenvalue weighted by atomic mass is 10.0. The SMILES string of the molecule is Cc1noc(C)c1C(=O)N1CCC[C@H]1c1c(C)nn(C)c1Cl. The zero-order chi connectivity index (χ0) is 16.0. The monoisotopic (exact) mass is 322 g/mol. The van der Waals surface area contributed by atoms with E-state index >= 15 is 0 Å². The fourth-order valence-electron chi connectivity index (χ4n) is 3.27. The molecule has 1 fully saturated rings. The summed E-state index contributed by atoms with van der Waals surface area (Å²) in [5, 5.41) is 8.84. The second-order valence-corrected chi connectivity index (χ2v) is 6.13. The molecule has 0 spiro atoms. The van der Waals surface area contributed by atoms with Gasteiger partial charge in [0.05, 0.1) is 17.4 Å². The minimum atomic E-state index is -0.0435. The van der Waals surface area contributed by atoms with Crippen LogP contribution >= 0.6 is 11.6 Å². The van der Waals surface area contributed by atoms with Crippen LogP contribution in [0.25, 0.3) is 0 Å². The lowest BCUT2D eigenvalue weighted by molar-refractivity contribution is 0.0733. The number of nitrogens with zero attached hydrogens (tertiary/aromatic N) is 4. The molecule has 1 amide bonds. The van der Waals surface area contributed by atoms with E-state index in [1.54, 1.807) is 18.5 Å². The third-order valence-corrected chi connectivity index (χ3v) is 4.74. The van der Waals surface area contributed by atoms with Crippen molar-refractivity contribution >= 4 is 17.5 Å². The maximum atomic E-state index is 12.9. The van der Waals surface area contributed by atoms with Gasteiger partial charge in [-0.05, 0) is 33.6 Å². The van der Waals surface area contributed by atoms with Crippen LogP contribution in [0, 0.1) is 20.8 Å². The van der Waals surface area contributed by atoms with Gasteiger partial charge in [-0.3, -0.25) is 9.48 Å². The number of hydrogen-bond donors (Lipinski definition) is 0. The van der Waals surface area contributed by atoms with Crippen LogP contribution in [0.1, 0.15) is 52.0 Å². The first-order chi connectivity index (χ1) is 10.4. The van der Waals surface area contributed by atoms with E-state index in [0.29, 0.717) is 28.7 Å². The Morgan fingerprint density at radius 1 is 1.32 bits per heavy atom. The molecular weight excluding hydrogens is 304 g/mol. The van der Waals surface area contributed by atoms with Gasteiger partial charge in [-0.1, -0.05) is 16.8 Å². The van der Waals surface area contributed by atoms with Crippen molar-refractivity contribution < 1.29 is 9.32 Å². The molecule has 22 heavy (non-hydrogen) atoms. The van der Waals surface area contributed by atoms with Gasteiger partial charge in [0.1, 0.15) is 16.5 Å². The Kier molecular flexibility index (Phi) is 3.72. The molecule has 1 aliphatic heterocycles. The van der Waals surface area contributed by atoms with Crippen molar-refractivity contribution in [3.63, 3.8) is 0 Å². The molecule has 0 radical (unpaired) electrons. The van der Waals surface area contributed by atoms with Crippen LogP contribution in [0.4, 0.5) is 0 Å². The van der Waals surface area contributed by atoms with Crippen molar-refractivity contribution in [3.05, 3.63) is 33.4 Å². The van der Waals surface area contributed by atoms with Crippen LogP contribution < -0.4 is 0 Å². The molecule has 0 aromatic carbocycles. The van der Waals surface area contributed by atoms with Crippen LogP contribution in [0.5, 0.6) is 0 Å². The number of aryl methyl sites for hydroxylation is 4. The number of hydrogen-bond acceptors (Lipinski definition) is 4. The quantitative estimate of drug-likeness (QED) is 0.852. The van der Waals surface area contributed by atoms with E-state index in [9.17, 15) is 4.79 Å². The van der Waals surface area contributed by atoms with Gasteiger partial charge in [0, 0.05) is 19.2 Å². The third kappa shape index (κ3) is 2.22. The molecule has 1 saturated heterocycles. The Balaban J connectivity index is 1.99. The number of amides is 1. The number of aromatic nitrogens is 3. The third-order valence-electron chi connectivity index (χ3n) is 4.29. The first-order valence-electron chi connectivity index (χ1n) is 7.34. The van der Waals surface area contributed by atoms with E-state index < -0.39 is 0 Å². The van der Waals surface area contributed by atoms with E-state index in [4.69, 9.17) is 16.1 Å². The van der Waals surface area contributed by atoms with Gasteiger partial charge in [-0.25, -0.2) is 0 Å². The average Bonchev–Trinajstić information content (AvgIpc) is 3.11. The molecule has 6 nitrogen and oxygen atoms in total. The maximum Gasteiger partial charge on any atom is 0.259 e. The second kappa shape index (κ2) is 5.43. The van der Waals surface area contributed by atoms with Crippen molar-refractivity contribution in [2.24, 2.45) is 7.05 Å². The second-order valence-electron chi connectivity index (χ2n) is 5.77. The van der Waals surface area contributed by atoms with Gasteiger partial charge in [0.2, 0.25) is 0 Å². The Bertz CT molecular complexity index is 715. The molecule has 3 rings (SSSR count). The number of halogens is 1. The first kappa shape index (κ1) is 15.1. The number of carbonyl (C=O) groups excluding carboxylic acids is 1. The normalized spacial score (nSPS) is 18.2. The molecule has 0 saturated carbocycles. The van der Waals surface area contributed by atoms with Crippen molar-refractivity contribution in [1.82, 2.24) is 19.8 Å². The highest BCUT2D eigenvalue weighted by molar-refractivity contribution is 6.30. The van der Waals surface area contributed by atoms with Gasteiger partial charge < -0.3 is 9.42 Å². The summed E-state index contributed by atoms with van der Waals surface area (Å²) in [5.74, 6) is 0.514. The van der Waals surface area contributed by atoms with E-state index in [1.165, 1.54) is 0 Å². The summed E-state index contributed by atoms with van der Waals surface area (Å²) in [4.78, 5) is 14.8. The summed E-state index contributed by atoms with van der Waals surface area (Å²) < 4.78 is 6.78. The molecular formula is C15H19ClN4O2. The molecule has 0 N–H and O–H groups in total. The van der Waals surface area contributed by atoms with Crippen LogP contribution in [-0.4, -0.2) is 32.3 Å². The summed E-state index contributed by atoms with van der Waals surface area (Å²) in [7, 11) is 1.81. The molecule has 118 valence electrons. The zero-order valence-electron chi connectivity index (χ0n) is 13.2. The van der Waals surface area contributed by atoms with Crippen molar-refractivity contribution in [2.75, 3.05) is 6.54 Å². The summed E-state index contributed by atoms with van der Waals surface area (Å²) >= 11 is 6.38. The molecule has 2 aromatic rings. The van der Waals surface area contributed by atoms with E-state index in [2.05, 4.69) is 10.3 Å². The summed E-state index contributed by atoms with van der Waals surface area (Å²) in [6.07, 6.45) is 1.84. The topological polar surface area (TPSA) is 64.2 Å². The minimum Gasteiger partial charge on any atom is -0.361 e. The number of carbonyl (C=O) groups is 1. The summed E-state index contributed by atoms with van der Waals surface area (Å²) in [6.45, 7) is 6.19. The zero-order valence-corrected chi connectivity index (χ0v) is 13.9. The predicted octanol–water partition coefficient (Wildman–Crippen LogP) is 2.96. The highest BCUT2D eigenvalue weighted by atomic mass is 35.5. The van der Waals surface area contributed by atoms with Crippen molar-refractivity contribution in [2.45, 2.75) is 39.7 Å². The Hall–Kier alpha value is -1.82. The molecule has 1 atom stereocenters. The van der Waals surface area contributed by atoms with Gasteiger partial charge in [0.25, 0.3) is 5.91 Å². The van der Waals surface area contributed by atoms with Crippen molar-refractivity contribution in [1.29, 1.82) is 0 Å². The molecule has 0 bridgehead atoms. The Morgan fingerprint density at radius 2 is 2.05 bits per heavy atom. The fraction of sp³-hybridized carbons (Fsp3) is 0.533. The molecule has 1 aliphatic rings. The van der Waals surface area contributed by atoms with Gasteiger partial charge in [0.15, 0.2) is 0 Å². The lowest BCUT2D eigenvalue weighted by Crippen LogP contribution is -2.31. The Morgan fingerprint density at radius 3 is 2.59 bits per heavy atom. The Labute approximate surface area is 134 Å². The van der Waals surface area contributed by atoms with E-state index in [-0.39, 0.29) is 11.9 Å². The van der Waals surface area contributed by atoms with Crippen molar-refractivity contribution in [3.8, 4) is 0 Å². The maximum absolute atomic E-state index is 12.9. The van der Waals surface area contributed by atoms with Crippen LogP contribution in [0.2, 0.25) is 5.15 Å². The first-order valence-corrected chi connectivity index (χ1v) is 7.72. The predicted molar refractivity (Wildman–Crippen MR) is 81.9 cm³/mol. The lowest BCUT2D eigenvalue weighted by Gasteiger charge is -2.25. The van der Waals surface area contributed by atoms with E-state index in [1.807, 2.05) is 18.9 Å². The molecule has 2 aromatic heterocycles. The van der Waals surface area contributed by atoms with Gasteiger partial charge in [-0.15, -0.1) is 0 Å². The molecule has 0 aliphatic carbocycles. The highest BCUT2D eigenvalue weighted by Crippen LogP contribution is 2.38. The summed E-state index contributed by atoms with van der Waals surface area (Å²) in [6, 6.07) is -0.0394. The van der Waals surface area contributed by atoms with Crippen LogP contribution in [0.15, 0.2) is 4.52 Å². The van der Waals surface area contributed by atoms with Gasteiger partial charge in [-0.2, -0.15) is 5.10 Å². The van der Waals surface area contributed by atoms with Crippen LogP contribution in [-0.2, 0) is 7.05 Å². The molecule has 3 heterocycles. The largest absolute Gasteiger partial charge is 0.361 e. The smallest absolute Gasteiger partial charge is 0.259 e. The molecule has 0 unspecified atom stereocenters. The standard InChI is InChI=1S/C15H19ClN4O2/c1-8-13(14(16)19(4)17-8)11-6-5-7-20(11)15(21)12-9(2)18-22-10(12)3/h11H,5-7H2,1-4H3/t11-/m0/s1. The average molecular weight is 323 g/mol. The van der Waals surface area contributed by atoms with Crippen LogP contribution in [0.3, 0.4) is 0 Å². The minimum absolute atomic E-state index is 0.0394. The van der Waals surface area contributed by atoms with E-state index in [0.717, 1.165) is 24.1 Å². The molecule has 7 heteroatoms. The highest BCUT2D eigenvalue weighted by Gasteiger charge is 2.36. The number of rotatable bonds is 2. The number of likely N-dealkylation sites (tertiary alicyclic amines) is 1. The summed E-state index contributed by atoms with van der Waals surface area (Å²) in [5.41, 5.74) is 3.00.